The minimum atomic E-state index is -1.56. The molecule has 0 spiro atoms. The van der Waals surface area contributed by atoms with Gasteiger partial charge >= 0.3 is 11.7 Å². The highest BCUT2D eigenvalue weighted by Gasteiger charge is 2.61. The highest BCUT2D eigenvalue weighted by Crippen LogP contribution is 2.45. The van der Waals surface area contributed by atoms with E-state index < -0.39 is 89.9 Å². The van der Waals surface area contributed by atoms with Crippen LogP contribution in [0.2, 0.25) is 0 Å². The normalized spacial score (nSPS) is 30.3. The first kappa shape index (κ1) is 29.1. The number of nitrogens with one attached hydrogen (secondary N) is 3. The van der Waals surface area contributed by atoms with E-state index in [1.54, 1.807) is 24.3 Å². The number of ether oxygens (including phenoxy) is 3. The molecule has 16 nitrogen and oxygen atoms in total. The summed E-state index contributed by atoms with van der Waals surface area (Å²) in [5, 5.41) is 26.3. The summed E-state index contributed by atoms with van der Waals surface area (Å²) in [6.45, 7) is -1.01. The zero-order valence-corrected chi connectivity index (χ0v) is 22.5. The number of nitrogens with zero attached hydrogens (tertiary/aromatic N) is 2. The molecule has 0 saturated carbocycles. The van der Waals surface area contributed by atoms with Crippen LogP contribution in [-0.2, 0) is 28.7 Å². The maximum atomic E-state index is 13.4. The summed E-state index contributed by atoms with van der Waals surface area (Å²) in [6.07, 6.45) is -4.48. The number of para-hydroxylation sites is 1. The van der Waals surface area contributed by atoms with Crippen LogP contribution in [0.3, 0.4) is 0 Å². The van der Waals surface area contributed by atoms with E-state index >= 15 is 0 Å². The number of carbonyl (C=O) groups excluding carboxylic acids is 4. The number of amides is 3. The first-order valence-corrected chi connectivity index (χ1v) is 13.0. The summed E-state index contributed by atoms with van der Waals surface area (Å²) >= 11 is 0. The van der Waals surface area contributed by atoms with E-state index in [-0.39, 0.29) is 6.54 Å². The molecule has 0 unspecified atom stereocenters. The SMILES string of the molecule is COC(=O)[C@@H]1[C@@H]2C(=O)N(CC(=O)NC[C@H]3O[C@@H](n4ccc(=O)[nH]c4=O)[C@H](O)[C@@H]3O)C(=O)[C@@H]2N[C@@H]1c1ccccc1OC. The Bertz CT molecular complexity index is 1520. The Morgan fingerprint density at radius 2 is 1.76 bits per heavy atom. The van der Waals surface area contributed by atoms with Crippen LogP contribution in [0.15, 0.2) is 46.1 Å². The van der Waals surface area contributed by atoms with Gasteiger partial charge in [0, 0.05) is 24.4 Å². The van der Waals surface area contributed by atoms with Crippen LogP contribution in [-0.4, -0.2) is 100 Å². The first-order valence-electron chi connectivity index (χ1n) is 13.0. The lowest BCUT2D eigenvalue weighted by molar-refractivity contribution is -0.152. The number of benzene rings is 1. The number of H-pyrrole nitrogens is 1. The molecule has 4 heterocycles. The predicted molar refractivity (Wildman–Crippen MR) is 139 cm³/mol. The maximum absolute atomic E-state index is 13.4. The number of aliphatic hydroxyl groups excluding tert-OH is 2. The van der Waals surface area contributed by atoms with Crippen molar-refractivity contribution >= 4 is 23.7 Å². The van der Waals surface area contributed by atoms with Crippen LogP contribution in [0.5, 0.6) is 5.75 Å². The molecule has 8 atom stereocenters. The standard InChI is InChI=1S/C26H29N5O11/c1-40-12-6-4-3-5-11(12)18-17(25(38)41-2)16-19(29-18)23(37)31(22(16)36)10-15(33)27-9-13-20(34)21(35)24(42-13)30-8-7-14(32)28-26(30)39/h3-8,13,16-21,24,29,34-35H,9-10H2,1-2H3,(H,27,33)(H,28,32,39)/t13-,16+,17-,18-,19-,20-,21-,24-/m1/s1. The number of imide groups is 1. The van der Waals surface area contributed by atoms with E-state index in [0.717, 1.165) is 21.7 Å². The number of aromatic amines is 1. The lowest BCUT2D eigenvalue weighted by atomic mass is 9.85. The Morgan fingerprint density at radius 1 is 1.02 bits per heavy atom. The molecule has 224 valence electrons. The molecule has 0 radical (unpaired) electrons. The molecular formula is C26H29N5O11. The highest BCUT2D eigenvalue weighted by molar-refractivity contribution is 6.11. The molecule has 3 saturated heterocycles. The molecule has 1 aromatic heterocycles. The highest BCUT2D eigenvalue weighted by atomic mass is 16.6. The molecule has 3 amide bonds. The molecule has 0 aliphatic carbocycles. The van der Waals surface area contributed by atoms with Crippen LogP contribution in [0.4, 0.5) is 0 Å². The maximum Gasteiger partial charge on any atom is 0.330 e. The van der Waals surface area contributed by atoms with Crippen molar-refractivity contribution in [1.82, 2.24) is 25.1 Å². The first-order chi connectivity index (χ1) is 20.1. The fourth-order valence-electron chi connectivity index (χ4n) is 5.74. The Morgan fingerprint density at radius 3 is 2.45 bits per heavy atom. The lowest BCUT2D eigenvalue weighted by Crippen LogP contribution is -2.47. The fourth-order valence-corrected chi connectivity index (χ4v) is 5.74. The van der Waals surface area contributed by atoms with E-state index in [2.05, 4.69) is 10.6 Å². The summed E-state index contributed by atoms with van der Waals surface area (Å²) in [5.74, 6) is -4.66. The Kier molecular flexibility index (Phi) is 7.96. The number of fused-ring (bicyclic) bond motifs is 1. The second-order valence-corrected chi connectivity index (χ2v) is 10.1. The number of methoxy groups -OCH3 is 2. The van der Waals surface area contributed by atoms with Crippen molar-refractivity contribution in [2.45, 2.75) is 36.6 Å². The zero-order valence-electron chi connectivity index (χ0n) is 22.5. The van der Waals surface area contributed by atoms with Crippen molar-refractivity contribution in [3.8, 4) is 5.75 Å². The van der Waals surface area contributed by atoms with Gasteiger partial charge in [0.25, 0.3) is 5.56 Å². The van der Waals surface area contributed by atoms with Gasteiger partial charge in [-0.2, -0.15) is 0 Å². The van der Waals surface area contributed by atoms with Crippen molar-refractivity contribution in [3.05, 3.63) is 62.9 Å². The van der Waals surface area contributed by atoms with Gasteiger partial charge in [0.2, 0.25) is 17.7 Å². The summed E-state index contributed by atoms with van der Waals surface area (Å²) in [6, 6.07) is 6.05. The van der Waals surface area contributed by atoms with Crippen LogP contribution in [0, 0.1) is 11.8 Å². The van der Waals surface area contributed by atoms with Gasteiger partial charge in [-0.3, -0.25) is 43.7 Å². The minimum Gasteiger partial charge on any atom is -0.496 e. The molecule has 5 N–H and O–H groups in total. The third-order valence-electron chi connectivity index (χ3n) is 7.76. The Hall–Kier alpha value is -4.38. The zero-order chi connectivity index (χ0) is 30.3. The molecule has 0 bridgehead atoms. The smallest absolute Gasteiger partial charge is 0.330 e. The van der Waals surface area contributed by atoms with Crippen molar-refractivity contribution in [3.63, 3.8) is 0 Å². The van der Waals surface area contributed by atoms with Crippen molar-refractivity contribution in [2.24, 2.45) is 11.8 Å². The number of likely N-dealkylation sites (tertiary alicyclic amines) is 1. The monoisotopic (exact) mass is 587 g/mol. The molecule has 42 heavy (non-hydrogen) atoms. The van der Waals surface area contributed by atoms with Gasteiger partial charge in [-0.05, 0) is 6.07 Å². The second-order valence-electron chi connectivity index (χ2n) is 10.1. The minimum absolute atomic E-state index is 0.340. The van der Waals surface area contributed by atoms with Crippen LogP contribution >= 0.6 is 0 Å². The Labute approximate surface area is 237 Å². The van der Waals surface area contributed by atoms with Gasteiger partial charge in [-0.1, -0.05) is 18.2 Å². The van der Waals surface area contributed by atoms with Crippen LogP contribution < -0.4 is 26.6 Å². The quantitative estimate of drug-likeness (QED) is 0.152. The summed E-state index contributed by atoms with van der Waals surface area (Å²) < 4.78 is 16.8. The molecule has 3 aliphatic heterocycles. The van der Waals surface area contributed by atoms with Gasteiger partial charge in [0.05, 0.1) is 32.1 Å². The summed E-state index contributed by atoms with van der Waals surface area (Å²) in [4.78, 5) is 78.4. The predicted octanol–water partition coefficient (Wildman–Crippen LogP) is -3.23. The third-order valence-corrected chi connectivity index (χ3v) is 7.76. The van der Waals surface area contributed by atoms with Crippen LogP contribution in [0.1, 0.15) is 17.8 Å². The lowest BCUT2D eigenvalue weighted by Gasteiger charge is -2.24. The van der Waals surface area contributed by atoms with Crippen molar-refractivity contribution < 1.29 is 43.6 Å². The van der Waals surface area contributed by atoms with Gasteiger partial charge < -0.3 is 29.7 Å². The number of rotatable bonds is 8. The van der Waals surface area contributed by atoms with Gasteiger partial charge in [0.1, 0.15) is 36.6 Å². The number of aromatic nitrogens is 2. The molecule has 5 rings (SSSR count). The van der Waals surface area contributed by atoms with E-state index in [9.17, 15) is 39.0 Å². The molecule has 16 heteroatoms. The second kappa shape index (κ2) is 11.5. The summed E-state index contributed by atoms with van der Waals surface area (Å²) in [7, 11) is 2.63. The molecule has 1 aromatic carbocycles. The van der Waals surface area contributed by atoms with Crippen LogP contribution in [0.25, 0.3) is 0 Å². The number of carbonyl (C=O) groups is 4. The van der Waals surface area contributed by atoms with Crippen molar-refractivity contribution in [2.75, 3.05) is 27.3 Å². The van der Waals surface area contributed by atoms with E-state index in [0.29, 0.717) is 11.3 Å². The topological polar surface area (TPSA) is 219 Å². The third kappa shape index (κ3) is 4.98. The molecule has 2 aromatic rings. The Balaban J connectivity index is 1.25. The molecule has 3 aliphatic rings. The number of hydrogen-bond donors (Lipinski definition) is 5. The van der Waals surface area contributed by atoms with Gasteiger partial charge in [-0.25, -0.2) is 4.79 Å². The molecular weight excluding hydrogens is 558 g/mol. The fraction of sp³-hybridized carbons (Fsp3) is 0.462. The van der Waals surface area contributed by atoms with Crippen molar-refractivity contribution in [1.29, 1.82) is 0 Å². The number of esters is 1. The number of aliphatic hydroxyl groups is 2. The summed E-state index contributed by atoms with van der Waals surface area (Å²) in [5.41, 5.74) is -0.965. The van der Waals surface area contributed by atoms with Gasteiger partial charge in [0.15, 0.2) is 6.23 Å². The number of hydrogen-bond acceptors (Lipinski definition) is 12. The van der Waals surface area contributed by atoms with E-state index in [4.69, 9.17) is 14.2 Å². The average Bonchev–Trinajstić information content (AvgIpc) is 3.58. The molecule has 3 fully saturated rings. The van der Waals surface area contributed by atoms with E-state index in [1.807, 2.05) is 4.98 Å². The van der Waals surface area contributed by atoms with Gasteiger partial charge in [-0.15, -0.1) is 0 Å². The largest absolute Gasteiger partial charge is 0.496 e. The average molecular weight is 588 g/mol. The van der Waals surface area contributed by atoms with E-state index in [1.165, 1.54) is 14.2 Å².